The molecule has 0 heterocycles. The summed E-state index contributed by atoms with van der Waals surface area (Å²) in [4.78, 5) is 0. The summed E-state index contributed by atoms with van der Waals surface area (Å²) in [7, 11) is 0. The molecule has 0 saturated heterocycles. The van der Waals surface area contributed by atoms with E-state index in [1.807, 2.05) is 0 Å². The normalized spacial score (nSPS) is 10.0. The van der Waals surface area contributed by atoms with Gasteiger partial charge in [0.25, 0.3) is 0 Å². The van der Waals surface area contributed by atoms with E-state index in [0.717, 1.165) is 6.42 Å². The standard InChI is InChI=1S/C13H28O.Mn/c1-2-3-4-5-6-7-8-9-10-11-12-13-14;/h14H,2-13H2,1H3;. The maximum absolute atomic E-state index is 8.59. The molecule has 0 aliphatic heterocycles. The van der Waals surface area contributed by atoms with Gasteiger partial charge in [-0.25, -0.2) is 0 Å². The van der Waals surface area contributed by atoms with Crippen molar-refractivity contribution < 1.29 is 22.2 Å². The van der Waals surface area contributed by atoms with Crippen LogP contribution in [0.2, 0.25) is 0 Å². The molecule has 0 bridgehead atoms. The molecule has 1 nitrogen and oxygen atoms in total. The van der Waals surface area contributed by atoms with Crippen molar-refractivity contribution in [3.63, 3.8) is 0 Å². The van der Waals surface area contributed by atoms with Crippen molar-refractivity contribution in [3.05, 3.63) is 0 Å². The van der Waals surface area contributed by atoms with Gasteiger partial charge in [0.2, 0.25) is 0 Å². The van der Waals surface area contributed by atoms with Gasteiger partial charge in [-0.3, -0.25) is 0 Å². The van der Waals surface area contributed by atoms with Gasteiger partial charge in [0.1, 0.15) is 0 Å². The van der Waals surface area contributed by atoms with Crippen molar-refractivity contribution in [2.45, 2.75) is 77.6 Å². The van der Waals surface area contributed by atoms with Gasteiger partial charge in [0.05, 0.1) is 0 Å². The second-order valence-corrected chi connectivity index (χ2v) is 4.26. The van der Waals surface area contributed by atoms with Crippen molar-refractivity contribution >= 4 is 0 Å². The summed E-state index contributed by atoms with van der Waals surface area (Å²) < 4.78 is 0. The van der Waals surface area contributed by atoms with Crippen LogP contribution in [0.1, 0.15) is 77.6 Å². The van der Waals surface area contributed by atoms with E-state index in [0.29, 0.717) is 6.61 Å². The first-order valence-corrected chi connectivity index (χ1v) is 6.52. The van der Waals surface area contributed by atoms with Crippen LogP contribution in [-0.2, 0) is 17.1 Å². The Kier molecular flexibility index (Phi) is 20.1. The first-order valence-electron chi connectivity index (χ1n) is 6.52. The van der Waals surface area contributed by atoms with E-state index >= 15 is 0 Å². The number of rotatable bonds is 11. The predicted octanol–water partition coefficient (Wildman–Crippen LogP) is 4.29. The van der Waals surface area contributed by atoms with Crippen LogP contribution in [0.5, 0.6) is 0 Å². The van der Waals surface area contributed by atoms with E-state index < -0.39 is 0 Å². The number of aliphatic hydroxyl groups is 1. The SMILES string of the molecule is CCCCCCCCCCCCCO.[Mn]. The van der Waals surface area contributed by atoms with Gasteiger partial charge in [-0.1, -0.05) is 71.1 Å². The summed E-state index contributed by atoms with van der Waals surface area (Å²) in [5.74, 6) is 0. The molecule has 0 aliphatic carbocycles. The van der Waals surface area contributed by atoms with E-state index in [1.165, 1.54) is 64.2 Å². The van der Waals surface area contributed by atoms with Crippen molar-refractivity contribution in [3.8, 4) is 0 Å². The Bertz CT molecular complexity index is 84.5. The molecule has 0 amide bonds. The number of unbranched alkanes of at least 4 members (excludes halogenated alkanes) is 10. The first kappa shape index (κ1) is 17.9. The van der Waals surface area contributed by atoms with E-state index in [2.05, 4.69) is 6.92 Å². The van der Waals surface area contributed by atoms with Crippen LogP contribution in [0, 0.1) is 0 Å². The van der Waals surface area contributed by atoms with Crippen LogP contribution in [0.4, 0.5) is 0 Å². The summed E-state index contributed by atoms with van der Waals surface area (Å²) in [5, 5.41) is 8.59. The van der Waals surface area contributed by atoms with Crippen LogP contribution < -0.4 is 0 Å². The Morgan fingerprint density at radius 1 is 0.600 bits per heavy atom. The minimum Gasteiger partial charge on any atom is -0.396 e. The fourth-order valence-corrected chi connectivity index (χ4v) is 1.78. The fraction of sp³-hybridized carbons (Fsp3) is 1.00. The van der Waals surface area contributed by atoms with Crippen molar-refractivity contribution in [2.24, 2.45) is 0 Å². The molecular formula is C13H28MnO. The molecule has 0 aliphatic rings. The molecule has 0 aromatic heterocycles. The largest absolute Gasteiger partial charge is 0.396 e. The first-order chi connectivity index (χ1) is 6.91. The maximum atomic E-state index is 8.59. The second kappa shape index (κ2) is 16.9. The second-order valence-electron chi connectivity index (χ2n) is 4.26. The van der Waals surface area contributed by atoms with E-state index in [4.69, 9.17) is 5.11 Å². The molecule has 0 fully saturated rings. The van der Waals surface area contributed by atoms with Crippen LogP contribution in [0.15, 0.2) is 0 Å². The summed E-state index contributed by atoms with van der Waals surface area (Å²) in [6.45, 7) is 2.64. The minimum absolute atomic E-state index is 0. The third-order valence-electron chi connectivity index (χ3n) is 2.76. The van der Waals surface area contributed by atoms with E-state index in [1.54, 1.807) is 0 Å². The van der Waals surface area contributed by atoms with Crippen molar-refractivity contribution in [2.75, 3.05) is 6.61 Å². The Morgan fingerprint density at radius 2 is 0.933 bits per heavy atom. The molecule has 1 N–H and O–H groups in total. The smallest absolute Gasteiger partial charge is 0.0431 e. The zero-order chi connectivity index (χ0) is 10.5. The van der Waals surface area contributed by atoms with Gasteiger partial charge in [-0.2, -0.15) is 0 Å². The van der Waals surface area contributed by atoms with Crippen LogP contribution in [0.25, 0.3) is 0 Å². The monoisotopic (exact) mass is 255 g/mol. The van der Waals surface area contributed by atoms with E-state index in [9.17, 15) is 0 Å². The molecule has 0 atom stereocenters. The van der Waals surface area contributed by atoms with Gasteiger partial charge in [0, 0.05) is 23.7 Å². The van der Waals surface area contributed by atoms with Gasteiger partial charge < -0.3 is 5.11 Å². The molecule has 93 valence electrons. The summed E-state index contributed by atoms with van der Waals surface area (Å²) in [6.07, 6.45) is 14.8. The number of aliphatic hydroxyl groups excluding tert-OH is 1. The quantitative estimate of drug-likeness (QED) is 0.431. The van der Waals surface area contributed by atoms with Gasteiger partial charge in [-0.15, -0.1) is 0 Å². The zero-order valence-electron chi connectivity index (χ0n) is 10.3. The third kappa shape index (κ3) is 17.1. The van der Waals surface area contributed by atoms with Crippen LogP contribution in [0.3, 0.4) is 0 Å². The Labute approximate surface area is 107 Å². The molecule has 1 radical (unpaired) electrons. The maximum Gasteiger partial charge on any atom is 0.0431 e. The summed E-state index contributed by atoms with van der Waals surface area (Å²) >= 11 is 0. The van der Waals surface area contributed by atoms with Gasteiger partial charge >= 0.3 is 0 Å². The molecule has 0 aromatic rings. The Hall–Kier alpha value is 0.479. The number of hydrogen-bond donors (Lipinski definition) is 1. The minimum atomic E-state index is 0. The Morgan fingerprint density at radius 3 is 1.27 bits per heavy atom. The molecule has 2 heteroatoms. The predicted molar refractivity (Wildman–Crippen MR) is 63.5 cm³/mol. The van der Waals surface area contributed by atoms with Crippen molar-refractivity contribution in [1.82, 2.24) is 0 Å². The van der Waals surface area contributed by atoms with Gasteiger partial charge in [0.15, 0.2) is 0 Å². The topological polar surface area (TPSA) is 20.2 Å². The van der Waals surface area contributed by atoms with Crippen LogP contribution >= 0.6 is 0 Å². The van der Waals surface area contributed by atoms with Crippen molar-refractivity contribution in [1.29, 1.82) is 0 Å². The van der Waals surface area contributed by atoms with E-state index in [-0.39, 0.29) is 17.1 Å². The van der Waals surface area contributed by atoms with Gasteiger partial charge in [-0.05, 0) is 6.42 Å². The zero-order valence-corrected chi connectivity index (χ0v) is 11.5. The molecule has 0 saturated carbocycles. The average molecular weight is 255 g/mol. The Balaban J connectivity index is 0. The number of hydrogen-bond acceptors (Lipinski definition) is 1. The fourth-order valence-electron chi connectivity index (χ4n) is 1.78. The molecular weight excluding hydrogens is 227 g/mol. The molecule has 15 heavy (non-hydrogen) atoms. The molecule has 0 aromatic carbocycles. The average Bonchev–Trinajstić information content (AvgIpc) is 2.21. The van der Waals surface area contributed by atoms with Crippen LogP contribution in [-0.4, -0.2) is 11.7 Å². The molecule has 0 unspecified atom stereocenters. The molecule has 0 rings (SSSR count). The summed E-state index contributed by atoms with van der Waals surface area (Å²) in [5.41, 5.74) is 0. The summed E-state index contributed by atoms with van der Waals surface area (Å²) in [6, 6.07) is 0. The molecule has 0 spiro atoms. The third-order valence-corrected chi connectivity index (χ3v) is 2.76.